The van der Waals surface area contributed by atoms with Crippen molar-refractivity contribution in [2.24, 2.45) is 10.3 Å². The molecule has 2 atom stereocenters. The summed E-state index contributed by atoms with van der Waals surface area (Å²) in [5, 5.41) is 2.79. The molecular formula is C20H27N3O5S. The number of likely N-dealkylation sites (tertiary alicyclic amines) is 1. The van der Waals surface area contributed by atoms with Gasteiger partial charge < -0.3 is 15.0 Å². The summed E-state index contributed by atoms with van der Waals surface area (Å²) in [6.45, 7) is 6.01. The van der Waals surface area contributed by atoms with Crippen LogP contribution in [0.15, 0.2) is 33.6 Å². The number of nitrogens with zero attached hydrogens (tertiary/aromatic N) is 2. The van der Waals surface area contributed by atoms with Crippen LogP contribution >= 0.6 is 0 Å². The van der Waals surface area contributed by atoms with Crippen molar-refractivity contribution >= 4 is 27.7 Å². The number of esters is 1. The molecular weight excluding hydrogens is 394 g/mol. The third-order valence-electron chi connectivity index (χ3n) is 5.39. The van der Waals surface area contributed by atoms with E-state index in [-0.39, 0.29) is 35.2 Å². The third-order valence-corrected chi connectivity index (χ3v) is 6.72. The first-order valence-corrected chi connectivity index (χ1v) is 11.3. The molecule has 0 radical (unpaired) electrons. The number of hydrogen-bond acceptors (Lipinski definition) is 6. The number of sulfonamides is 1. The van der Waals surface area contributed by atoms with E-state index in [0.29, 0.717) is 18.5 Å². The van der Waals surface area contributed by atoms with Crippen molar-refractivity contribution in [3.63, 3.8) is 0 Å². The number of carbonyl (C=O) groups excluding carboxylic acids is 2. The van der Waals surface area contributed by atoms with Crippen molar-refractivity contribution in [3.8, 4) is 0 Å². The number of ether oxygens (including phenoxy) is 1. The molecule has 0 bridgehead atoms. The lowest BCUT2D eigenvalue weighted by molar-refractivity contribution is -0.153. The molecule has 158 valence electrons. The fourth-order valence-corrected chi connectivity index (χ4v) is 4.64. The molecule has 1 N–H and O–H groups in total. The second-order valence-corrected chi connectivity index (χ2v) is 9.37. The fourth-order valence-electron chi connectivity index (χ4n) is 3.42. The number of nitrogens with one attached hydrogen (secondary N) is 1. The van der Waals surface area contributed by atoms with Crippen LogP contribution in [0.5, 0.6) is 0 Å². The number of carbonyl (C=O) groups is 2. The Hall–Kier alpha value is -2.42. The number of hydrogen-bond donors (Lipinski definition) is 1. The molecule has 0 unspecified atom stereocenters. The maximum absolute atomic E-state index is 12.7. The van der Waals surface area contributed by atoms with E-state index in [4.69, 9.17) is 4.74 Å². The molecule has 2 heterocycles. The highest BCUT2D eigenvalue weighted by atomic mass is 32.2. The van der Waals surface area contributed by atoms with Gasteiger partial charge in [-0.2, -0.15) is 8.42 Å². The van der Waals surface area contributed by atoms with Gasteiger partial charge >= 0.3 is 5.97 Å². The topological polar surface area (TPSA) is 105 Å². The minimum Gasteiger partial charge on any atom is -0.454 e. The number of amides is 1. The quantitative estimate of drug-likeness (QED) is 0.726. The number of fused-ring (bicyclic) bond motifs is 1. The normalized spacial score (nSPS) is 21.3. The van der Waals surface area contributed by atoms with Gasteiger partial charge in [0.1, 0.15) is 10.9 Å². The molecule has 1 saturated heterocycles. The first-order chi connectivity index (χ1) is 13.7. The minimum absolute atomic E-state index is 0.0260. The molecule has 1 aromatic rings. The zero-order valence-electron chi connectivity index (χ0n) is 16.9. The van der Waals surface area contributed by atoms with Gasteiger partial charge in [-0.25, -0.2) is 4.79 Å². The summed E-state index contributed by atoms with van der Waals surface area (Å²) in [6, 6.07) is 5.90. The Labute approximate surface area is 171 Å². The van der Waals surface area contributed by atoms with Crippen LogP contribution in [0.3, 0.4) is 0 Å². The number of piperidine rings is 1. The van der Waals surface area contributed by atoms with Gasteiger partial charge in [-0.05, 0) is 44.2 Å². The minimum atomic E-state index is -3.77. The molecule has 2 aliphatic heterocycles. The van der Waals surface area contributed by atoms with Crippen LogP contribution in [-0.4, -0.2) is 56.3 Å². The molecule has 8 nitrogen and oxygen atoms in total. The Morgan fingerprint density at radius 2 is 1.97 bits per heavy atom. The Morgan fingerprint density at radius 3 is 2.69 bits per heavy atom. The van der Waals surface area contributed by atoms with Gasteiger partial charge in [0.25, 0.3) is 15.9 Å². The van der Waals surface area contributed by atoms with Gasteiger partial charge in [0.05, 0.1) is 0 Å². The highest BCUT2D eigenvalue weighted by Crippen LogP contribution is 2.30. The van der Waals surface area contributed by atoms with Crippen molar-refractivity contribution in [1.29, 1.82) is 0 Å². The summed E-state index contributed by atoms with van der Waals surface area (Å²) in [7, 11) is -3.77. The summed E-state index contributed by atoms with van der Waals surface area (Å²) < 4.78 is 33.9. The molecule has 1 fully saturated rings. The van der Waals surface area contributed by atoms with Crippen LogP contribution in [0.1, 0.15) is 45.6 Å². The van der Waals surface area contributed by atoms with Crippen molar-refractivity contribution in [1.82, 2.24) is 10.2 Å². The maximum Gasteiger partial charge on any atom is 0.329 e. The Morgan fingerprint density at radius 1 is 1.24 bits per heavy atom. The smallest absolute Gasteiger partial charge is 0.329 e. The van der Waals surface area contributed by atoms with Crippen LogP contribution in [0.2, 0.25) is 0 Å². The molecule has 0 aromatic heterocycles. The lowest BCUT2D eigenvalue weighted by Crippen LogP contribution is -2.49. The first kappa shape index (κ1) is 21.3. The second kappa shape index (κ2) is 8.52. The highest BCUT2D eigenvalue weighted by molar-refractivity contribution is 7.90. The molecule has 2 aliphatic rings. The Bertz CT molecular complexity index is 926. The predicted molar refractivity (Wildman–Crippen MR) is 108 cm³/mol. The number of amidine groups is 1. The van der Waals surface area contributed by atoms with Crippen LogP contribution in [0, 0.1) is 5.92 Å². The fraction of sp³-hybridized carbons (Fsp3) is 0.550. The molecule has 1 aromatic carbocycles. The lowest BCUT2D eigenvalue weighted by Gasteiger charge is -2.35. The predicted octanol–water partition coefficient (Wildman–Crippen LogP) is 1.69. The van der Waals surface area contributed by atoms with E-state index in [1.165, 1.54) is 6.07 Å². The molecule has 1 amide bonds. The highest BCUT2D eigenvalue weighted by Gasteiger charge is 2.38. The maximum atomic E-state index is 12.7. The molecule has 29 heavy (non-hydrogen) atoms. The van der Waals surface area contributed by atoms with Gasteiger partial charge in [-0.3, -0.25) is 4.79 Å². The van der Waals surface area contributed by atoms with Crippen LogP contribution in [-0.2, 0) is 24.3 Å². The van der Waals surface area contributed by atoms with E-state index in [1.54, 1.807) is 23.1 Å². The lowest BCUT2D eigenvalue weighted by atomic mass is 10.0. The van der Waals surface area contributed by atoms with Crippen LogP contribution in [0.4, 0.5) is 0 Å². The SMILES string of the molecule is CC(C)[C@@H](C)NC(=O)COC(=O)[C@H]1CCCCN1C1=NS(=O)(=O)c2ccccc21. The first-order valence-electron chi connectivity index (χ1n) is 9.87. The molecule has 0 spiro atoms. The van der Waals surface area contributed by atoms with Crippen molar-refractivity contribution < 1.29 is 22.7 Å². The molecule has 0 saturated carbocycles. The van der Waals surface area contributed by atoms with Gasteiger partial charge in [0.2, 0.25) is 0 Å². The third kappa shape index (κ3) is 4.60. The molecule has 9 heteroatoms. The second-order valence-electron chi connectivity index (χ2n) is 7.80. The van der Waals surface area contributed by atoms with E-state index in [1.807, 2.05) is 20.8 Å². The summed E-state index contributed by atoms with van der Waals surface area (Å²) in [4.78, 5) is 26.6. The summed E-state index contributed by atoms with van der Waals surface area (Å²) in [6.07, 6.45) is 2.15. The van der Waals surface area contributed by atoms with E-state index < -0.39 is 22.0 Å². The zero-order valence-corrected chi connectivity index (χ0v) is 17.7. The van der Waals surface area contributed by atoms with E-state index in [2.05, 4.69) is 9.71 Å². The van der Waals surface area contributed by atoms with E-state index in [0.717, 1.165) is 12.8 Å². The van der Waals surface area contributed by atoms with Crippen molar-refractivity contribution in [2.75, 3.05) is 13.2 Å². The van der Waals surface area contributed by atoms with Gasteiger partial charge in [-0.1, -0.05) is 26.0 Å². The number of benzene rings is 1. The molecule has 0 aliphatic carbocycles. The Balaban J connectivity index is 1.72. The van der Waals surface area contributed by atoms with Crippen molar-refractivity contribution in [3.05, 3.63) is 29.8 Å². The average molecular weight is 422 g/mol. The van der Waals surface area contributed by atoms with Crippen LogP contribution in [0.25, 0.3) is 0 Å². The summed E-state index contributed by atoms with van der Waals surface area (Å²) in [5.41, 5.74) is 0.496. The zero-order chi connectivity index (χ0) is 21.2. The monoisotopic (exact) mass is 421 g/mol. The van der Waals surface area contributed by atoms with E-state index >= 15 is 0 Å². The summed E-state index contributed by atoms with van der Waals surface area (Å²) >= 11 is 0. The molecule has 3 rings (SSSR count). The van der Waals surface area contributed by atoms with E-state index in [9.17, 15) is 18.0 Å². The Kier molecular flexibility index (Phi) is 6.26. The number of rotatable bonds is 5. The standard InChI is InChI=1S/C20H27N3O5S/c1-13(2)14(3)21-18(24)12-28-20(25)16-9-6-7-11-23(16)19-15-8-4-5-10-17(15)29(26,27)22-19/h4-5,8,10,13-14,16H,6-7,9,11-12H2,1-3H3,(H,21,24)/t14-,16-/m1/s1. The van der Waals surface area contributed by atoms with Gasteiger partial charge in [0, 0.05) is 18.2 Å². The van der Waals surface area contributed by atoms with Crippen molar-refractivity contribution in [2.45, 2.75) is 57.0 Å². The average Bonchev–Trinajstić information content (AvgIpc) is 2.97. The van der Waals surface area contributed by atoms with Gasteiger partial charge in [0.15, 0.2) is 12.4 Å². The van der Waals surface area contributed by atoms with Gasteiger partial charge in [-0.15, -0.1) is 4.40 Å². The largest absolute Gasteiger partial charge is 0.454 e. The summed E-state index contributed by atoms with van der Waals surface area (Å²) in [5.74, 6) is -0.347. The van der Waals surface area contributed by atoms with Crippen LogP contribution < -0.4 is 5.32 Å².